The molecule has 0 radical (unpaired) electrons. The Morgan fingerprint density at radius 3 is 2.35 bits per heavy atom. The molecule has 4 rings (SSSR count). The van der Waals surface area contributed by atoms with Crippen molar-refractivity contribution in [1.29, 1.82) is 0 Å². The number of hydrogen-bond donors (Lipinski definition) is 1. The zero-order valence-electron chi connectivity index (χ0n) is 11.2. The third-order valence-corrected chi connectivity index (χ3v) is 5.76. The van der Waals surface area contributed by atoms with E-state index in [-0.39, 0.29) is 0 Å². The Morgan fingerprint density at radius 1 is 0.900 bits per heavy atom. The molecule has 1 nitrogen and oxygen atoms in total. The van der Waals surface area contributed by atoms with E-state index in [1.54, 1.807) is 0 Å². The fraction of sp³-hybridized carbons (Fsp3) is 0.625. The molecule has 1 aromatic carbocycles. The van der Waals surface area contributed by atoms with Crippen molar-refractivity contribution < 1.29 is 13.2 Å². The Morgan fingerprint density at radius 2 is 1.60 bits per heavy atom. The minimum Gasteiger partial charge on any atom is -0.382 e. The Kier molecular flexibility index (Phi) is 2.76. The van der Waals surface area contributed by atoms with Gasteiger partial charge in [-0.05, 0) is 49.4 Å². The van der Waals surface area contributed by atoms with Crippen LogP contribution in [-0.2, 0) is 0 Å². The van der Waals surface area contributed by atoms with E-state index in [2.05, 4.69) is 5.32 Å². The number of benzene rings is 1. The SMILES string of the molecule is Fc1cc(NC2CC3CC2C2CCCC32)cc(F)c1F. The number of fused-ring (bicyclic) bond motifs is 5. The van der Waals surface area contributed by atoms with Gasteiger partial charge in [0.2, 0.25) is 0 Å². The quantitative estimate of drug-likeness (QED) is 0.795. The fourth-order valence-corrected chi connectivity index (χ4v) is 5.09. The predicted molar refractivity (Wildman–Crippen MR) is 70.8 cm³/mol. The van der Waals surface area contributed by atoms with E-state index < -0.39 is 17.5 Å². The highest BCUT2D eigenvalue weighted by Crippen LogP contribution is 2.59. The molecule has 0 aromatic heterocycles. The van der Waals surface area contributed by atoms with Crippen LogP contribution in [0, 0.1) is 41.1 Å². The molecule has 0 spiro atoms. The zero-order valence-corrected chi connectivity index (χ0v) is 11.2. The summed E-state index contributed by atoms with van der Waals surface area (Å²) in [6, 6.07) is 2.43. The van der Waals surface area contributed by atoms with Crippen molar-refractivity contribution in [3.8, 4) is 0 Å². The van der Waals surface area contributed by atoms with Gasteiger partial charge in [0, 0.05) is 23.9 Å². The van der Waals surface area contributed by atoms with Crippen molar-refractivity contribution in [3.63, 3.8) is 0 Å². The molecule has 3 saturated carbocycles. The second-order valence-corrected chi connectivity index (χ2v) is 6.66. The van der Waals surface area contributed by atoms with Gasteiger partial charge < -0.3 is 5.32 Å². The number of nitrogens with one attached hydrogen (secondary N) is 1. The van der Waals surface area contributed by atoms with E-state index in [4.69, 9.17) is 0 Å². The van der Waals surface area contributed by atoms with Crippen LogP contribution < -0.4 is 5.32 Å². The summed E-state index contributed by atoms with van der Waals surface area (Å²) in [6.45, 7) is 0. The first-order valence-electron chi connectivity index (χ1n) is 7.54. The summed E-state index contributed by atoms with van der Waals surface area (Å²) in [6.07, 6.45) is 6.33. The summed E-state index contributed by atoms with van der Waals surface area (Å²) >= 11 is 0. The topological polar surface area (TPSA) is 12.0 Å². The largest absolute Gasteiger partial charge is 0.382 e. The van der Waals surface area contributed by atoms with Crippen molar-refractivity contribution in [2.45, 2.75) is 38.1 Å². The van der Waals surface area contributed by atoms with Crippen LogP contribution in [-0.4, -0.2) is 6.04 Å². The first kappa shape index (κ1) is 12.5. The molecule has 2 bridgehead atoms. The standard InChI is InChI=1S/C16H18F3N/c17-13-6-9(7-14(18)16(13)19)20-15-5-8-4-12(15)11-3-1-2-10(8)11/h6-8,10-12,15,20H,1-5H2. The van der Waals surface area contributed by atoms with Gasteiger partial charge in [0.15, 0.2) is 17.5 Å². The minimum atomic E-state index is -1.39. The molecule has 1 aromatic rings. The predicted octanol–water partition coefficient (Wildman–Crippen LogP) is 4.34. The maximum Gasteiger partial charge on any atom is 0.194 e. The molecule has 3 aliphatic carbocycles. The summed E-state index contributed by atoms with van der Waals surface area (Å²) in [5.41, 5.74) is 0.369. The van der Waals surface area contributed by atoms with Gasteiger partial charge in [-0.25, -0.2) is 13.2 Å². The van der Waals surface area contributed by atoms with Crippen molar-refractivity contribution in [2.75, 3.05) is 5.32 Å². The van der Waals surface area contributed by atoms with Crippen LogP contribution in [0.1, 0.15) is 32.1 Å². The highest BCUT2D eigenvalue weighted by Gasteiger charge is 2.53. The van der Waals surface area contributed by atoms with E-state index in [9.17, 15) is 13.2 Å². The van der Waals surface area contributed by atoms with Crippen molar-refractivity contribution in [2.24, 2.45) is 23.7 Å². The highest BCUT2D eigenvalue weighted by atomic mass is 19.2. The highest BCUT2D eigenvalue weighted by molar-refractivity contribution is 5.45. The summed E-state index contributed by atoms with van der Waals surface area (Å²) in [7, 11) is 0. The fourth-order valence-electron chi connectivity index (χ4n) is 5.09. The maximum atomic E-state index is 13.3. The lowest BCUT2D eigenvalue weighted by Crippen LogP contribution is -2.33. The molecule has 3 fully saturated rings. The van der Waals surface area contributed by atoms with Crippen LogP contribution in [0.3, 0.4) is 0 Å². The summed E-state index contributed by atoms with van der Waals surface area (Å²) in [5.74, 6) is -0.534. The Balaban J connectivity index is 1.53. The van der Waals surface area contributed by atoms with Gasteiger partial charge in [0.05, 0.1) is 0 Å². The summed E-state index contributed by atoms with van der Waals surface area (Å²) in [4.78, 5) is 0. The van der Waals surface area contributed by atoms with Gasteiger partial charge in [-0.3, -0.25) is 0 Å². The average molecular weight is 281 g/mol. The van der Waals surface area contributed by atoms with Crippen LogP contribution in [0.2, 0.25) is 0 Å². The number of rotatable bonds is 2. The molecule has 5 unspecified atom stereocenters. The van der Waals surface area contributed by atoms with Crippen LogP contribution in [0.4, 0.5) is 18.9 Å². The zero-order chi connectivity index (χ0) is 13.9. The Labute approximate surface area is 116 Å². The van der Waals surface area contributed by atoms with Gasteiger partial charge in [-0.2, -0.15) is 0 Å². The number of hydrogen-bond acceptors (Lipinski definition) is 1. The van der Waals surface area contributed by atoms with E-state index in [0.29, 0.717) is 17.6 Å². The van der Waals surface area contributed by atoms with Gasteiger partial charge in [0.1, 0.15) is 0 Å². The van der Waals surface area contributed by atoms with E-state index in [0.717, 1.165) is 36.3 Å². The second-order valence-electron chi connectivity index (χ2n) is 6.66. The van der Waals surface area contributed by atoms with E-state index >= 15 is 0 Å². The van der Waals surface area contributed by atoms with Crippen LogP contribution >= 0.6 is 0 Å². The first-order chi connectivity index (χ1) is 9.63. The van der Waals surface area contributed by atoms with Gasteiger partial charge in [0.25, 0.3) is 0 Å². The molecule has 4 heteroatoms. The molecular formula is C16H18F3N. The van der Waals surface area contributed by atoms with Crippen molar-refractivity contribution in [1.82, 2.24) is 0 Å². The third kappa shape index (κ3) is 1.76. The molecule has 1 N–H and O–H groups in total. The minimum absolute atomic E-state index is 0.295. The van der Waals surface area contributed by atoms with E-state index in [1.165, 1.54) is 25.7 Å². The molecule has 3 aliphatic rings. The molecule has 0 aliphatic heterocycles. The molecule has 5 atom stereocenters. The van der Waals surface area contributed by atoms with Crippen LogP contribution in [0.15, 0.2) is 12.1 Å². The molecule has 108 valence electrons. The molecule has 0 amide bonds. The van der Waals surface area contributed by atoms with Gasteiger partial charge in [-0.15, -0.1) is 0 Å². The maximum absolute atomic E-state index is 13.3. The lowest BCUT2D eigenvalue weighted by atomic mass is 9.79. The number of anilines is 1. The summed E-state index contributed by atoms with van der Waals surface area (Å²) < 4.78 is 39.5. The van der Waals surface area contributed by atoms with Crippen molar-refractivity contribution in [3.05, 3.63) is 29.6 Å². The Bertz CT molecular complexity index is 522. The average Bonchev–Trinajstić information content (AvgIpc) is 3.07. The van der Waals surface area contributed by atoms with Crippen molar-refractivity contribution >= 4 is 5.69 Å². The Hall–Kier alpha value is -1.19. The monoisotopic (exact) mass is 281 g/mol. The van der Waals surface area contributed by atoms with Crippen LogP contribution in [0.5, 0.6) is 0 Å². The first-order valence-corrected chi connectivity index (χ1v) is 7.54. The summed E-state index contributed by atoms with van der Waals surface area (Å²) in [5, 5.41) is 3.25. The molecular weight excluding hydrogens is 263 g/mol. The molecule has 0 saturated heterocycles. The lowest BCUT2D eigenvalue weighted by Gasteiger charge is -2.32. The molecule has 20 heavy (non-hydrogen) atoms. The van der Waals surface area contributed by atoms with Gasteiger partial charge >= 0.3 is 0 Å². The van der Waals surface area contributed by atoms with Crippen LogP contribution in [0.25, 0.3) is 0 Å². The number of halogens is 3. The van der Waals surface area contributed by atoms with E-state index in [1.807, 2.05) is 0 Å². The lowest BCUT2D eigenvalue weighted by molar-refractivity contribution is 0.243. The third-order valence-electron chi connectivity index (χ3n) is 5.76. The van der Waals surface area contributed by atoms with Gasteiger partial charge in [-0.1, -0.05) is 6.42 Å². The second kappa shape index (κ2) is 4.40. The smallest absolute Gasteiger partial charge is 0.194 e. The molecule has 0 heterocycles. The normalized spacial score (nSPS) is 38.2.